The summed E-state index contributed by atoms with van der Waals surface area (Å²) in [6.45, 7) is 5.25. The van der Waals surface area contributed by atoms with Gasteiger partial charge in [-0.3, -0.25) is 0 Å². The molecule has 1 rings (SSSR count). The first kappa shape index (κ1) is 13.0. The van der Waals surface area contributed by atoms with Crippen molar-refractivity contribution in [3.8, 4) is 0 Å². The molecule has 0 fully saturated rings. The van der Waals surface area contributed by atoms with Gasteiger partial charge >= 0.3 is 0 Å². The van der Waals surface area contributed by atoms with E-state index in [-0.39, 0.29) is 0 Å². The summed E-state index contributed by atoms with van der Waals surface area (Å²) in [4.78, 5) is 0. The lowest BCUT2D eigenvalue weighted by atomic mass is 10.1. The van der Waals surface area contributed by atoms with E-state index in [1.54, 1.807) is 0 Å². The van der Waals surface area contributed by atoms with Gasteiger partial charge in [-0.15, -0.1) is 0 Å². The third-order valence-corrected chi connectivity index (χ3v) is 4.06. The average molecular weight is 291 g/mol. The molecule has 2 unspecified atom stereocenters. The van der Waals surface area contributed by atoms with Gasteiger partial charge in [-0.25, -0.2) is 0 Å². The lowest BCUT2D eigenvalue weighted by molar-refractivity contribution is 0.433. The summed E-state index contributed by atoms with van der Waals surface area (Å²) in [5.74, 6) is 0.618. The normalized spacial score (nSPS) is 14.9. The second-order valence-electron chi connectivity index (χ2n) is 3.89. The van der Waals surface area contributed by atoms with Crippen LogP contribution in [0.3, 0.4) is 0 Å². The van der Waals surface area contributed by atoms with Crippen LogP contribution in [0.15, 0.2) is 24.3 Å². The molecule has 0 aliphatic carbocycles. The lowest BCUT2D eigenvalue weighted by Crippen LogP contribution is -2.32. The zero-order chi connectivity index (χ0) is 11.3. The van der Waals surface area contributed by atoms with Gasteiger partial charge in [-0.05, 0) is 24.5 Å². The summed E-state index contributed by atoms with van der Waals surface area (Å²) in [5.41, 5.74) is 1.16. The molecule has 0 radical (unpaired) electrons. The van der Waals surface area contributed by atoms with E-state index in [0.29, 0.717) is 12.0 Å². The Bertz CT molecular complexity index is 303. The van der Waals surface area contributed by atoms with Crippen molar-refractivity contribution in [2.24, 2.45) is 5.92 Å². The molecule has 0 bridgehead atoms. The van der Waals surface area contributed by atoms with Crippen LogP contribution in [0.1, 0.15) is 19.4 Å². The minimum Gasteiger partial charge on any atom is -0.310 e. The van der Waals surface area contributed by atoms with Crippen molar-refractivity contribution in [2.45, 2.75) is 26.4 Å². The Morgan fingerprint density at radius 1 is 1.33 bits per heavy atom. The van der Waals surface area contributed by atoms with Crippen LogP contribution < -0.4 is 5.32 Å². The molecule has 1 N–H and O–H groups in total. The van der Waals surface area contributed by atoms with Crippen molar-refractivity contribution < 1.29 is 0 Å². The van der Waals surface area contributed by atoms with Crippen LogP contribution in [0.4, 0.5) is 0 Å². The highest BCUT2D eigenvalue weighted by atomic mass is 79.9. The van der Waals surface area contributed by atoms with Gasteiger partial charge in [0, 0.05) is 22.9 Å². The van der Waals surface area contributed by atoms with E-state index in [9.17, 15) is 0 Å². The van der Waals surface area contributed by atoms with E-state index in [4.69, 9.17) is 11.6 Å². The smallest absolute Gasteiger partial charge is 0.0450 e. The van der Waals surface area contributed by atoms with Crippen molar-refractivity contribution in [2.75, 3.05) is 5.33 Å². The molecule has 0 spiro atoms. The van der Waals surface area contributed by atoms with Crippen LogP contribution in [0.5, 0.6) is 0 Å². The summed E-state index contributed by atoms with van der Waals surface area (Å²) in [6.07, 6.45) is 0. The van der Waals surface area contributed by atoms with Gasteiger partial charge in [0.1, 0.15) is 0 Å². The molecule has 84 valence electrons. The van der Waals surface area contributed by atoms with Gasteiger partial charge in [-0.2, -0.15) is 0 Å². The van der Waals surface area contributed by atoms with Crippen molar-refractivity contribution in [1.82, 2.24) is 5.32 Å². The zero-order valence-electron chi connectivity index (χ0n) is 9.13. The van der Waals surface area contributed by atoms with Crippen LogP contribution in [0, 0.1) is 5.92 Å². The summed E-state index contributed by atoms with van der Waals surface area (Å²) in [6, 6.07) is 8.44. The molecular weight excluding hydrogens is 273 g/mol. The van der Waals surface area contributed by atoms with Crippen LogP contribution in [0.25, 0.3) is 0 Å². The number of rotatable bonds is 5. The maximum atomic E-state index is 6.07. The fraction of sp³-hybridized carbons (Fsp3) is 0.500. The van der Waals surface area contributed by atoms with Crippen molar-refractivity contribution in [1.29, 1.82) is 0 Å². The lowest BCUT2D eigenvalue weighted by Gasteiger charge is -2.19. The summed E-state index contributed by atoms with van der Waals surface area (Å²) in [5, 5.41) is 5.33. The van der Waals surface area contributed by atoms with E-state index in [0.717, 1.165) is 22.5 Å². The highest BCUT2D eigenvalue weighted by molar-refractivity contribution is 9.09. The second-order valence-corrected chi connectivity index (χ2v) is 4.95. The quantitative estimate of drug-likeness (QED) is 0.812. The number of benzene rings is 1. The molecule has 0 heterocycles. The van der Waals surface area contributed by atoms with E-state index < -0.39 is 0 Å². The van der Waals surface area contributed by atoms with Crippen LogP contribution >= 0.6 is 27.5 Å². The zero-order valence-corrected chi connectivity index (χ0v) is 11.5. The Balaban J connectivity index is 2.47. The molecule has 0 amide bonds. The molecule has 0 saturated carbocycles. The minimum atomic E-state index is 0.487. The predicted octanol–water partition coefficient (Wildman–Crippen LogP) is 3.85. The minimum absolute atomic E-state index is 0.487. The number of nitrogens with one attached hydrogen (secondary N) is 1. The molecule has 0 saturated heterocycles. The average Bonchev–Trinajstić information content (AvgIpc) is 2.26. The monoisotopic (exact) mass is 289 g/mol. The molecule has 1 aromatic rings. The number of hydrogen-bond acceptors (Lipinski definition) is 1. The van der Waals surface area contributed by atoms with Gasteiger partial charge in [0.05, 0.1) is 0 Å². The highest BCUT2D eigenvalue weighted by Crippen LogP contribution is 2.15. The molecule has 1 aromatic carbocycles. The van der Waals surface area contributed by atoms with Gasteiger partial charge in [0.2, 0.25) is 0 Å². The van der Waals surface area contributed by atoms with Gasteiger partial charge in [-0.1, -0.05) is 52.7 Å². The Labute approximate surface area is 105 Å². The SMILES string of the molecule is CC(CBr)C(C)NCc1ccccc1Cl. The Hall–Kier alpha value is -0.0500. The Morgan fingerprint density at radius 3 is 2.60 bits per heavy atom. The Kier molecular flexibility index (Phi) is 5.65. The third-order valence-electron chi connectivity index (χ3n) is 2.67. The number of halogens is 2. The number of hydrogen-bond donors (Lipinski definition) is 1. The van der Waals surface area contributed by atoms with Crippen LogP contribution in [0.2, 0.25) is 5.02 Å². The van der Waals surface area contributed by atoms with E-state index in [1.165, 1.54) is 0 Å². The van der Waals surface area contributed by atoms with E-state index >= 15 is 0 Å². The first-order chi connectivity index (χ1) is 7.15. The molecule has 0 aromatic heterocycles. The molecule has 3 heteroatoms. The molecule has 1 nitrogen and oxygen atoms in total. The Morgan fingerprint density at radius 2 is 2.00 bits per heavy atom. The summed E-state index contributed by atoms with van der Waals surface area (Å²) >= 11 is 9.56. The molecular formula is C12H17BrClN. The third kappa shape index (κ3) is 4.13. The molecule has 2 atom stereocenters. The fourth-order valence-electron chi connectivity index (χ4n) is 1.25. The summed E-state index contributed by atoms with van der Waals surface area (Å²) in [7, 11) is 0. The van der Waals surface area contributed by atoms with Crippen molar-refractivity contribution in [3.05, 3.63) is 34.9 Å². The summed E-state index contributed by atoms with van der Waals surface area (Å²) < 4.78 is 0. The van der Waals surface area contributed by atoms with Crippen molar-refractivity contribution in [3.63, 3.8) is 0 Å². The number of alkyl halides is 1. The molecule has 0 aliphatic heterocycles. The fourth-order valence-corrected chi connectivity index (χ4v) is 2.01. The molecule has 0 aliphatic rings. The largest absolute Gasteiger partial charge is 0.310 e. The standard InChI is InChI=1S/C12H17BrClN/c1-9(7-13)10(2)15-8-11-5-3-4-6-12(11)14/h3-6,9-10,15H,7-8H2,1-2H3. The van der Waals surface area contributed by atoms with Crippen LogP contribution in [-0.2, 0) is 6.54 Å². The predicted molar refractivity (Wildman–Crippen MR) is 70.7 cm³/mol. The first-order valence-electron chi connectivity index (χ1n) is 5.18. The first-order valence-corrected chi connectivity index (χ1v) is 6.68. The van der Waals surface area contributed by atoms with E-state index in [1.807, 2.05) is 18.2 Å². The maximum absolute atomic E-state index is 6.07. The highest BCUT2D eigenvalue weighted by Gasteiger charge is 2.10. The van der Waals surface area contributed by atoms with Gasteiger partial charge in [0.15, 0.2) is 0 Å². The maximum Gasteiger partial charge on any atom is 0.0450 e. The topological polar surface area (TPSA) is 12.0 Å². The van der Waals surface area contributed by atoms with Crippen LogP contribution in [-0.4, -0.2) is 11.4 Å². The van der Waals surface area contributed by atoms with Crippen molar-refractivity contribution >= 4 is 27.5 Å². The van der Waals surface area contributed by atoms with Gasteiger partial charge in [0.25, 0.3) is 0 Å². The van der Waals surface area contributed by atoms with Gasteiger partial charge < -0.3 is 5.32 Å². The van der Waals surface area contributed by atoms with E-state index in [2.05, 4.69) is 41.2 Å². The second kappa shape index (κ2) is 6.51. The molecule has 15 heavy (non-hydrogen) atoms.